The van der Waals surface area contributed by atoms with E-state index in [1.165, 1.54) is 0 Å². The van der Waals surface area contributed by atoms with Crippen LogP contribution in [0.25, 0.3) is 22.2 Å². The zero-order valence-corrected chi connectivity index (χ0v) is 10.2. The van der Waals surface area contributed by atoms with Crippen LogP contribution in [0.1, 0.15) is 0 Å². The number of fused-ring (bicyclic) bond motifs is 1. The van der Waals surface area contributed by atoms with E-state index in [9.17, 15) is 0 Å². The van der Waals surface area contributed by atoms with Crippen LogP contribution in [0.5, 0.6) is 0 Å². The molecule has 1 aromatic heterocycles. The van der Waals surface area contributed by atoms with Crippen molar-refractivity contribution in [2.75, 3.05) is 0 Å². The van der Waals surface area contributed by atoms with E-state index in [1.54, 1.807) is 6.07 Å². The summed E-state index contributed by atoms with van der Waals surface area (Å²) in [5.74, 6) is 0.646. The molecule has 1 heterocycles. The topological polar surface area (TPSA) is 26.0 Å². The summed E-state index contributed by atoms with van der Waals surface area (Å²) in [6.07, 6.45) is 0. The van der Waals surface area contributed by atoms with Crippen LogP contribution in [0.15, 0.2) is 47.0 Å². The zero-order chi connectivity index (χ0) is 11.8. The van der Waals surface area contributed by atoms with Crippen LogP contribution in [0.3, 0.4) is 0 Å². The van der Waals surface area contributed by atoms with E-state index >= 15 is 0 Å². The second-order valence-corrected chi connectivity index (χ2v) is 4.50. The van der Waals surface area contributed by atoms with Crippen molar-refractivity contribution in [2.24, 2.45) is 0 Å². The highest BCUT2D eigenvalue weighted by Gasteiger charge is 2.13. The molecular weight excluding hydrogens is 257 g/mol. The molecule has 0 atom stereocenters. The Morgan fingerprint density at radius 1 is 1.00 bits per heavy atom. The van der Waals surface area contributed by atoms with Crippen LogP contribution < -0.4 is 0 Å². The normalized spacial score (nSPS) is 10.9. The Balaban J connectivity index is 2.31. The van der Waals surface area contributed by atoms with Crippen molar-refractivity contribution in [1.82, 2.24) is 5.16 Å². The van der Waals surface area contributed by atoms with E-state index in [0.717, 1.165) is 16.5 Å². The highest BCUT2D eigenvalue weighted by atomic mass is 35.5. The fourth-order valence-electron chi connectivity index (χ4n) is 1.75. The summed E-state index contributed by atoms with van der Waals surface area (Å²) in [7, 11) is 0. The van der Waals surface area contributed by atoms with E-state index in [2.05, 4.69) is 5.16 Å². The molecule has 17 heavy (non-hydrogen) atoms. The quantitative estimate of drug-likeness (QED) is 0.630. The monoisotopic (exact) mass is 263 g/mol. The van der Waals surface area contributed by atoms with Gasteiger partial charge in [-0.05, 0) is 30.3 Å². The molecule has 3 rings (SSSR count). The second-order valence-electron chi connectivity index (χ2n) is 3.65. The van der Waals surface area contributed by atoms with E-state index < -0.39 is 0 Å². The molecule has 0 fully saturated rings. The maximum Gasteiger partial charge on any atom is 0.176 e. The van der Waals surface area contributed by atoms with Gasteiger partial charge in [-0.2, -0.15) is 0 Å². The maximum absolute atomic E-state index is 6.14. The van der Waals surface area contributed by atoms with Crippen LogP contribution in [-0.2, 0) is 0 Å². The molecule has 0 amide bonds. The van der Waals surface area contributed by atoms with Gasteiger partial charge in [0.1, 0.15) is 5.52 Å². The molecule has 0 aliphatic rings. The SMILES string of the molecule is Clc1ccc2noc(-c3ccccc3Cl)c2c1. The smallest absolute Gasteiger partial charge is 0.176 e. The molecule has 0 saturated heterocycles. The Morgan fingerprint density at radius 3 is 2.65 bits per heavy atom. The average Bonchev–Trinajstić information content (AvgIpc) is 2.72. The summed E-state index contributed by atoms with van der Waals surface area (Å²) in [6.45, 7) is 0. The van der Waals surface area contributed by atoms with Crippen molar-refractivity contribution in [3.8, 4) is 11.3 Å². The fourth-order valence-corrected chi connectivity index (χ4v) is 2.15. The minimum Gasteiger partial charge on any atom is -0.355 e. The molecule has 0 bridgehead atoms. The van der Waals surface area contributed by atoms with E-state index in [-0.39, 0.29) is 0 Å². The van der Waals surface area contributed by atoms with Crippen molar-refractivity contribution in [3.63, 3.8) is 0 Å². The van der Waals surface area contributed by atoms with Crippen LogP contribution in [0.2, 0.25) is 10.0 Å². The number of hydrogen-bond acceptors (Lipinski definition) is 2. The van der Waals surface area contributed by atoms with Crippen LogP contribution in [0.4, 0.5) is 0 Å². The molecule has 0 unspecified atom stereocenters. The summed E-state index contributed by atoms with van der Waals surface area (Å²) in [5, 5.41) is 6.13. The van der Waals surface area contributed by atoms with Gasteiger partial charge in [0.15, 0.2) is 5.76 Å². The lowest BCUT2D eigenvalue weighted by Gasteiger charge is -1.99. The third-order valence-electron chi connectivity index (χ3n) is 2.56. The van der Waals surface area contributed by atoms with Crippen molar-refractivity contribution in [3.05, 3.63) is 52.5 Å². The van der Waals surface area contributed by atoms with Gasteiger partial charge in [-0.25, -0.2) is 0 Å². The maximum atomic E-state index is 6.14. The average molecular weight is 264 g/mol. The van der Waals surface area contributed by atoms with Gasteiger partial charge in [0.05, 0.1) is 10.4 Å². The van der Waals surface area contributed by atoms with E-state index in [0.29, 0.717) is 15.8 Å². The van der Waals surface area contributed by atoms with Gasteiger partial charge in [-0.15, -0.1) is 0 Å². The first-order chi connectivity index (χ1) is 8.25. The highest BCUT2D eigenvalue weighted by molar-refractivity contribution is 6.34. The number of benzene rings is 2. The lowest BCUT2D eigenvalue weighted by Crippen LogP contribution is -1.77. The fraction of sp³-hybridized carbons (Fsp3) is 0. The van der Waals surface area contributed by atoms with Crippen molar-refractivity contribution >= 4 is 34.1 Å². The molecule has 3 aromatic rings. The third-order valence-corrected chi connectivity index (χ3v) is 3.12. The number of aromatic nitrogens is 1. The number of rotatable bonds is 1. The summed E-state index contributed by atoms with van der Waals surface area (Å²) >= 11 is 12.1. The van der Waals surface area contributed by atoms with Gasteiger partial charge < -0.3 is 4.52 Å². The number of halogens is 2. The van der Waals surface area contributed by atoms with Gasteiger partial charge >= 0.3 is 0 Å². The zero-order valence-electron chi connectivity index (χ0n) is 8.65. The molecule has 2 aromatic carbocycles. The molecule has 84 valence electrons. The summed E-state index contributed by atoms with van der Waals surface area (Å²) in [5.41, 5.74) is 1.59. The molecule has 0 aliphatic carbocycles. The van der Waals surface area contributed by atoms with Crippen molar-refractivity contribution in [2.45, 2.75) is 0 Å². The van der Waals surface area contributed by atoms with Gasteiger partial charge in [0.2, 0.25) is 0 Å². The first kappa shape index (κ1) is 10.6. The summed E-state index contributed by atoms with van der Waals surface area (Å²) in [6, 6.07) is 12.9. The van der Waals surface area contributed by atoms with E-state index in [4.69, 9.17) is 27.7 Å². The van der Waals surface area contributed by atoms with Gasteiger partial charge in [-0.3, -0.25) is 0 Å². The van der Waals surface area contributed by atoms with Crippen LogP contribution in [-0.4, -0.2) is 5.16 Å². The lowest BCUT2D eigenvalue weighted by atomic mass is 10.1. The first-order valence-corrected chi connectivity index (χ1v) is 5.81. The largest absolute Gasteiger partial charge is 0.355 e. The number of nitrogens with zero attached hydrogens (tertiary/aromatic N) is 1. The Hall–Kier alpha value is -1.51. The van der Waals surface area contributed by atoms with Crippen molar-refractivity contribution < 1.29 is 4.52 Å². The van der Waals surface area contributed by atoms with Gasteiger partial charge in [-0.1, -0.05) is 40.5 Å². The molecule has 0 saturated carbocycles. The molecule has 2 nitrogen and oxygen atoms in total. The van der Waals surface area contributed by atoms with Crippen LogP contribution in [0, 0.1) is 0 Å². The number of hydrogen-bond donors (Lipinski definition) is 0. The van der Waals surface area contributed by atoms with E-state index in [1.807, 2.05) is 36.4 Å². The molecule has 0 aliphatic heterocycles. The Morgan fingerprint density at radius 2 is 1.82 bits per heavy atom. The van der Waals surface area contributed by atoms with Crippen LogP contribution >= 0.6 is 23.2 Å². The van der Waals surface area contributed by atoms with Gasteiger partial charge in [0, 0.05) is 10.6 Å². The minimum atomic E-state index is 0.630. The molecule has 4 heteroatoms. The van der Waals surface area contributed by atoms with Crippen molar-refractivity contribution in [1.29, 1.82) is 0 Å². The summed E-state index contributed by atoms with van der Waals surface area (Å²) < 4.78 is 5.34. The van der Waals surface area contributed by atoms with Gasteiger partial charge in [0.25, 0.3) is 0 Å². The molecular formula is C13H7Cl2NO. The minimum absolute atomic E-state index is 0.630. The summed E-state index contributed by atoms with van der Waals surface area (Å²) in [4.78, 5) is 0. The Bertz CT molecular complexity index is 691. The molecule has 0 spiro atoms. The first-order valence-electron chi connectivity index (χ1n) is 5.05. The molecule has 0 radical (unpaired) electrons. The third kappa shape index (κ3) is 1.79. The highest BCUT2D eigenvalue weighted by Crippen LogP contribution is 2.34. The predicted octanol–water partition coefficient (Wildman–Crippen LogP) is 4.80. The molecule has 0 N–H and O–H groups in total. The lowest BCUT2D eigenvalue weighted by molar-refractivity contribution is 0.441. The standard InChI is InChI=1S/C13H7Cl2NO/c14-8-5-6-12-10(7-8)13(17-16-12)9-3-1-2-4-11(9)15/h1-7H. The Labute approximate surface area is 108 Å². The second kappa shape index (κ2) is 4.06. The Kier molecular flexibility index (Phi) is 2.54. The predicted molar refractivity (Wildman–Crippen MR) is 69.5 cm³/mol.